The second-order valence-electron chi connectivity index (χ2n) is 31.0. The third-order valence-electron chi connectivity index (χ3n) is 20.9. The molecule has 0 aliphatic heterocycles. The van der Waals surface area contributed by atoms with Crippen LogP contribution in [0.5, 0.6) is 40.2 Å². The van der Waals surface area contributed by atoms with Crippen molar-refractivity contribution in [1.82, 2.24) is 0 Å². The molecular formula is C106H114F6N6O14S6. The first kappa shape index (κ1) is 110. The van der Waals surface area contributed by atoms with Gasteiger partial charge in [0.2, 0.25) is 0 Å². The second kappa shape index (κ2) is 56.6. The van der Waals surface area contributed by atoms with E-state index in [1.165, 1.54) is 97.5 Å². The van der Waals surface area contributed by atoms with Crippen LogP contribution in [0.1, 0.15) is 127 Å². The zero-order valence-electron chi connectivity index (χ0n) is 79.6. The van der Waals surface area contributed by atoms with Gasteiger partial charge >= 0.3 is 0 Å². The summed E-state index contributed by atoms with van der Waals surface area (Å²) in [4.78, 5) is 0. The summed E-state index contributed by atoms with van der Waals surface area (Å²) in [6.45, 7) is 20.4. The van der Waals surface area contributed by atoms with Gasteiger partial charge in [0.25, 0.3) is 31.0 Å². The number of aliphatic hydroxyl groups is 1. The Hall–Kier alpha value is -13.1. The number of aryl methyl sites for hydroxylation is 9. The molecule has 7 N–H and O–H groups in total. The number of nitrogens with one attached hydrogen (secondary N) is 6. The Labute approximate surface area is 835 Å². The van der Waals surface area contributed by atoms with Gasteiger partial charge in [0.15, 0.2) is 69.4 Å². The van der Waals surface area contributed by atoms with E-state index >= 15 is 0 Å². The van der Waals surface area contributed by atoms with Crippen molar-refractivity contribution in [3.8, 4) is 40.2 Å². The highest BCUT2D eigenvalue weighted by Crippen LogP contribution is 2.44. The number of aliphatic hydroxyl groups excluding tert-OH is 1. The molecule has 0 amide bonds. The van der Waals surface area contributed by atoms with Gasteiger partial charge in [-0.1, -0.05) is 110 Å². The maximum atomic E-state index is 14.0. The van der Waals surface area contributed by atoms with Gasteiger partial charge in [-0.25, -0.2) is 26.3 Å². The molecule has 32 heteroatoms. The molecule has 0 saturated heterocycles. The lowest BCUT2D eigenvalue weighted by molar-refractivity contribution is 0.265. The molecule has 1 aliphatic carbocycles. The van der Waals surface area contributed by atoms with Crippen LogP contribution in [-0.2, 0) is 81.1 Å². The average molecular weight is 2000 g/mol. The Morgan fingerprint density at radius 1 is 0.283 bits per heavy atom. The largest absolute Gasteiger partial charge is 0.493 e. The Morgan fingerprint density at radius 3 is 0.797 bits per heavy atom. The second-order valence-corrected chi connectivity index (χ2v) is 33.2. The highest BCUT2D eigenvalue weighted by Gasteiger charge is 2.28. The molecule has 1 saturated carbocycles. The topological polar surface area (TPSA) is 212 Å². The van der Waals surface area contributed by atoms with Crippen LogP contribution in [0.3, 0.4) is 0 Å². The average Bonchev–Trinajstić information content (AvgIpc) is 1.67. The van der Waals surface area contributed by atoms with Crippen molar-refractivity contribution in [3.05, 3.63) is 348 Å². The number of halogens is 6. The molecule has 12 aromatic carbocycles. The van der Waals surface area contributed by atoms with Crippen LogP contribution in [0.15, 0.2) is 218 Å². The van der Waals surface area contributed by atoms with Crippen molar-refractivity contribution in [3.63, 3.8) is 0 Å². The van der Waals surface area contributed by atoms with Crippen LogP contribution in [-0.4, -0.2) is 85.4 Å². The van der Waals surface area contributed by atoms with Gasteiger partial charge in [-0.2, -0.15) is 0 Å². The molecule has 1 fully saturated rings. The summed E-state index contributed by atoms with van der Waals surface area (Å²) < 4.78 is 153. The van der Waals surface area contributed by atoms with E-state index in [9.17, 15) is 31.4 Å². The molecule has 138 heavy (non-hydrogen) atoms. The first-order valence-electron chi connectivity index (χ1n) is 43.5. The molecule has 0 atom stereocenters. The summed E-state index contributed by atoms with van der Waals surface area (Å²) in [5.74, 6) is 0.234. The van der Waals surface area contributed by atoms with Crippen molar-refractivity contribution in [2.24, 2.45) is 0 Å². The van der Waals surface area contributed by atoms with E-state index in [4.69, 9.17) is 135 Å². The summed E-state index contributed by atoms with van der Waals surface area (Å²) in [6, 6.07) is 63.5. The number of rotatable bonds is 29. The van der Waals surface area contributed by atoms with Gasteiger partial charge in [0, 0.05) is 56.3 Å². The predicted octanol–water partition coefficient (Wildman–Crippen LogP) is 26.3. The minimum absolute atomic E-state index is 0.0887. The number of hydrogen-bond acceptors (Lipinski definition) is 20. The number of anilines is 6. The molecule has 0 heterocycles. The van der Waals surface area contributed by atoms with Crippen molar-refractivity contribution in [1.29, 1.82) is 0 Å². The number of benzene rings is 12. The molecule has 1 aliphatic rings. The smallest absolute Gasteiger partial charge is 0.260 e. The minimum atomic E-state index is -0.423. The summed E-state index contributed by atoms with van der Waals surface area (Å²) in [6.07, 6.45) is 3.18. The molecule has 0 radical (unpaired) electrons. The van der Waals surface area contributed by atoms with E-state index in [-0.39, 0.29) is 130 Å². The fraction of sp³-hybridized carbons (Fsp3) is 0.264. The zero-order valence-corrected chi connectivity index (χ0v) is 84.5. The van der Waals surface area contributed by atoms with Gasteiger partial charge in [-0.05, 0) is 337 Å². The standard InChI is InChI=1S/C19H20FNO2S.C18H20FNO3S.C18H20FNO2S.C17H18FNO3S.2C17H18FNO2S/c1-12-6-9-18(16(20)10-12)23-11-15-14(13-7-8-13)4-3-5-17(15)21-19(24)22-2;1-4-22-16-7-5-6-15(20-18(24)21-3)13(16)11-23-17-9-8-12(2)10-14(17)19;1-4-13-6-5-7-16(20-18(23)21-3)14(13)11-22-17-9-8-12(2)10-15(17)19;1-11-6-7-16(14(18)8-11)22-10-13-12(9-20)4-3-5-15(13)19-17(23)21-2;2*1-11-7-8-16(14(18)9-11)21-10-13-12(2)5-4-6-15(13)19-17(22)20-3/h3-6,9-10,13H,7-8,11H2,1-2H3,(H,21,24);5-10H,4,11H2,1-3H3,(H,20,24);5-10H,4,11H2,1-3H3,(H,20,23);3-8,20H,9-10H2,1-2H3,(H,19,23);2*4-9H,10H2,1-3H3,(H,19,22). The Kier molecular flexibility index (Phi) is 45.2. The van der Waals surface area contributed by atoms with E-state index in [2.05, 4.69) is 44.9 Å². The van der Waals surface area contributed by atoms with Crippen LogP contribution in [0, 0.1) is 90.3 Å². The number of hydrogen-bond donors (Lipinski definition) is 7. The van der Waals surface area contributed by atoms with Crippen molar-refractivity contribution >= 4 is 138 Å². The third kappa shape index (κ3) is 34.9. The maximum absolute atomic E-state index is 14.0. The maximum Gasteiger partial charge on any atom is 0.260 e. The Bertz CT molecular complexity index is 5920. The highest BCUT2D eigenvalue weighted by molar-refractivity contribution is 7.81. The third-order valence-corrected chi connectivity index (χ3v) is 22.5. The van der Waals surface area contributed by atoms with Gasteiger partial charge < -0.3 is 98.6 Å². The highest BCUT2D eigenvalue weighted by atomic mass is 32.1. The molecule has 730 valence electrons. The van der Waals surface area contributed by atoms with Crippen LogP contribution in [0.2, 0.25) is 0 Å². The fourth-order valence-electron chi connectivity index (χ4n) is 13.3. The first-order valence-corrected chi connectivity index (χ1v) is 46.0. The molecular weight excluding hydrogens is 1890 g/mol. The van der Waals surface area contributed by atoms with E-state index in [0.29, 0.717) is 46.0 Å². The molecule has 13 rings (SSSR count). The first-order chi connectivity index (χ1) is 66.2. The molecule has 12 aromatic rings. The molecule has 0 unspecified atom stereocenters. The number of ether oxygens (including phenoxy) is 13. The number of thiocarbonyl (C=S) groups is 6. The summed E-state index contributed by atoms with van der Waals surface area (Å²) in [5.41, 5.74) is 19.9. The monoisotopic (exact) mass is 2000 g/mol. The van der Waals surface area contributed by atoms with Gasteiger partial charge in [0.1, 0.15) is 45.4 Å². The van der Waals surface area contributed by atoms with Crippen LogP contribution >= 0.6 is 73.3 Å². The van der Waals surface area contributed by atoms with Crippen molar-refractivity contribution < 1.29 is 93.0 Å². The lowest BCUT2D eigenvalue weighted by Crippen LogP contribution is -2.14. The van der Waals surface area contributed by atoms with Gasteiger partial charge in [-0.15, -0.1) is 0 Å². The predicted molar refractivity (Wildman–Crippen MR) is 559 cm³/mol. The minimum Gasteiger partial charge on any atom is -0.493 e. The van der Waals surface area contributed by atoms with Crippen molar-refractivity contribution in [2.75, 3.05) is 81.2 Å². The quantitative estimate of drug-likeness (QED) is 0.0172. The summed E-state index contributed by atoms with van der Waals surface area (Å²) in [7, 11) is 8.99. The fourth-order valence-corrected chi connectivity index (χ4v) is 14.0. The van der Waals surface area contributed by atoms with Crippen molar-refractivity contribution in [2.45, 2.75) is 141 Å². The molecule has 0 bridgehead atoms. The van der Waals surface area contributed by atoms with E-state index in [1.54, 1.807) is 66.7 Å². The van der Waals surface area contributed by atoms with E-state index in [1.807, 2.05) is 172 Å². The Balaban J connectivity index is 0.000000203. The van der Waals surface area contributed by atoms with E-state index in [0.717, 1.165) is 107 Å². The molecule has 20 nitrogen and oxygen atoms in total. The summed E-state index contributed by atoms with van der Waals surface area (Å²) in [5, 5.41) is 29.0. The SMILES string of the molecule is CCOc1cccc(NC(=S)OC)c1COc1ccc(C)cc1F.CCc1cccc(NC(=S)OC)c1COc1ccc(C)cc1F.COC(=S)Nc1cccc(C)c1COc1ccc(C)cc1F.COC(=S)Nc1cccc(C)c1COc1ccc(C)cc1F.COC(=S)Nc1cccc(C2CC2)c1COc1ccc(C)cc1F.COC(=S)Nc1cccc(CO)c1COc1ccc(C)cc1F. The van der Waals surface area contributed by atoms with E-state index < -0.39 is 11.6 Å². The molecule has 0 aromatic heterocycles. The normalized spacial score (nSPS) is 10.8. The zero-order chi connectivity index (χ0) is 100. The lowest BCUT2D eigenvalue weighted by Gasteiger charge is -2.17. The lowest BCUT2D eigenvalue weighted by atomic mass is 10.0. The summed E-state index contributed by atoms with van der Waals surface area (Å²) >= 11 is 30.2. The van der Waals surface area contributed by atoms with Crippen LogP contribution < -0.4 is 65.1 Å². The van der Waals surface area contributed by atoms with Crippen LogP contribution in [0.25, 0.3) is 0 Å². The molecule has 0 spiro atoms. The van der Waals surface area contributed by atoms with Gasteiger partial charge in [0.05, 0.1) is 67.1 Å². The van der Waals surface area contributed by atoms with Gasteiger partial charge in [-0.3, -0.25) is 0 Å². The van der Waals surface area contributed by atoms with Crippen LogP contribution in [0.4, 0.5) is 60.5 Å². The Morgan fingerprint density at radius 2 is 0.522 bits per heavy atom. The number of methoxy groups -OCH3 is 6.